The van der Waals surface area contributed by atoms with Gasteiger partial charge in [-0.3, -0.25) is 10.1 Å². The second-order valence-electron chi connectivity index (χ2n) is 6.92. The molecule has 148 valence electrons. The molecule has 1 aromatic heterocycles. The average molecular weight is 401 g/mol. The van der Waals surface area contributed by atoms with E-state index in [-0.39, 0.29) is 24.5 Å². The third kappa shape index (κ3) is 4.29. The third-order valence-electron chi connectivity index (χ3n) is 4.53. The van der Waals surface area contributed by atoms with Gasteiger partial charge in [-0.1, -0.05) is 23.7 Å². The van der Waals surface area contributed by atoms with Gasteiger partial charge in [0, 0.05) is 11.7 Å². The van der Waals surface area contributed by atoms with Crippen molar-refractivity contribution in [1.82, 2.24) is 14.9 Å². The van der Waals surface area contributed by atoms with Gasteiger partial charge in [0.15, 0.2) is 0 Å². The van der Waals surface area contributed by atoms with E-state index < -0.39 is 0 Å². The molecule has 0 saturated carbocycles. The Kier molecular flexibility index (Phi) is 6.21. The first-order chi connectivity index (χ1) is 13.4. The van der Waals surface area contributed by atoms with E-state index in [2.05, 4.69) is 35.1 Å². The van der Waals surface area contributed by atoms with Crippen molar-refractivity contribution in [3.8, 4) is 5.75 Å². The maximum Gasteiger partial charge on any atom is 0.238 e. The van der Waals surface area contributed by atoms with Gasteiger partial charge in [0.05, 0.1) is 35.8 Å². The maximum absolute atomic E-state index is 12.3. The fraction of sp³-hybridized carbons (Fsp3) is 0.333. The van der Waals surface area contributed by atoms with Gasteiger partial charge in [0.2, 0.25) is 5.91 Å². The molecule has 3 aromatic rings. The molecule has 0 aliphatic carbocycles. The lowest BCUT2D eigenvalue weighted by molar-refractivity contribution is -0.115. The van der Waals surface area contributed by atoms with Gasteiger partial charge in [-0.2, -0.15) is 0 Å². The normalized spacial score (nSPS) is 12.4. The molecular formula is C21H25ClN4O2. The number of methoxy groups -OCH3 is 1. The number of para-hydroxylation sites is 2. The van der Waals surface area contributed by atoms with Crippen molar-refractivity contribution in [2.45, 2.75) is 32.9 Å². The standard InChI is InChI=1S/C21H25ClN4O2/c1-13(2)26-18-8-6-5-7-17(18)25-21(26)14(3)23-12-20(27)24-15-9-10-19(28-4)16(22)11-15/h5-11,13-14,23H,12H2,1-4H3,(H,24,27). The Hall–Kier alpha value is -2.57. The highest BCUT2D eigenvalue weighted by Gasteiger charge is 2.18. The predicted molar refractivity (Wildman–Crippen MR) is 113 cm³/mol. The van der Waals surface area contributed by atoms with Crippen LogP contribution in [-0.4, -0.2) is 29.1 Å². The molecule has 0 aliphatic rings. The zero-order valence-electron chi connectivity index (χ0n) is 16.5. The molecule has 1 atom stereocenters. The zero-order chi connectivity index (χ0) is 20.3. The molecular weight excluding hydrogens is 376 g/mol. The van der Waals surface area contributed by atoms with Crippen LogP contribution in [0.2, 0.25) is 5.02 Å². The minimum atomic E-state index is -0.153. The summed E-state index contributed by atoms with van der Waals surface area (Å²) in [4.78, 5) is 17.1. The minimum absolute atomic E-state index is 0.0833. The van der Waals surface area contributed by atoms with Crippen molar-refractivity contribution in [3.63, 3.8) is 0 Å². The SMILES string of the molecule is COc1ccc(NC(=O)CNC(C)c2nc3ccccc3n2C(C)C)cc1Cl. The van der Waals surface area contributed by atoms with Crippen LogP contribution in [-0.2, 0) is 4.79 Å². The molecule has 3 rings (SSSR count). The fourth-order valence-corrected chi connectivity index (χ4v) is 3.46. The molecule has 0 bridgehead atoms. The number of hydrogen-bond acceptors (Lipinski definition) is 4. The number of ether oxygens (including phenoxy) is 1. The fourth-order valence-electron chi connectivity index (χ4n) is 3.20. The Morgan fingerprint density at radius 3 is 2.64 bits per heavy atom. The molecule has 0 spiro atoms. The summed E-state index contributed by atoms with van der Waals surface area (Å²) in [6, 6.07) is 13.4. The summed E-state index contributed by atoms with van der Waals surface area (Å²) in [5.74, 6) is 1.33. The summed E-state index contributed by atoms with van der Waals surface area (Å²) in [5, 5.41) is 6.55. The van der Waals surface area contributed by atoms with Gasteiger partial charge in [0.25, 0.3) is 0 Å². The highest BCUT2D eigenvalue weighted by atomic mass is 35.5. The van der Waals surface area contributed by atoms with E-state index in [1.807, 2.05) is 25.1 Å². The van der Waals surface area contributed by atoms with Gasteiger partial charge in [-0.15, -0.1) is 0 Å². The van der Waals surface area contributed by atoms with Crippen molar-refractivity contribution in [2.75, 3.05) is 19.0 Å². The molecule has 2 N–H and O–H groups in total. The van der Waals surface area contributed by atoms with Gasteiger partial charge in [0.1, 0.15) is 11.6 Å². The Labute approximate surface area is 169 Å². The highest BCUT2D eigenvalue weighted by molar-refractivity contribution is 6.32. The topological polar surface area (TPSA) is 68.2 Å². The van der Waals surface area contributed by atoms with E-state index in [0.29, 0.717) is 16.5 Å². The number of amides is 1. The van der Waals surface area contributed by atoms with E-state index in [1.54, 1.807) is 25.3 Å². The van der Waals surface area contributed by atoms with Gasteiger partial charge >= 0.3 is 0 Å². The van der Waals surface area contributed by atoms with E-state index in [4.69, 9.17) is 21.3 Å². The number of nitrogens with zero attached hydrogens (tertiary/aromatic N) is 2. The molecule has 0 aliphatic heterocycles. The first-order valence-electron chi connectivity index (χ1n) is 9.24. The van der Waals surface area contributed by atoms with E-state index in [0.717, 1.165) is 16.9 Å². The number of carbonyl (C=O) groups excluding carboxylic acids is 1. The quantitative estimate of drug-likeness (QED) is 0.609. The smallest absolute Gasteiger partial charge is 0.238 e. The summed E-state index contributed by atoms with van der Waals surface area (Å²) in [6.45, 7) is 6.43. The van der Waals surface area contributed by atoms with E-state index >= 15 is 0 Å². The van der Waals surface area contributed by atoms with Crippen LogP contribution in [0, 0.1) is 0 Å². The van der Waals surface area contributed by atoms with Crippen molar-refractivity contribution >= 4 is 34.2 Å². The summed E-state index contributed by atoms with van der Waals surface area (Å²) in [7, 11) is 1.55. The number of aromatic nitrogens is 2. The number of hydrogen-bond donors (Lipinski definition) is 2. The number of rotatable bonds is 7. The maximum atomic E-state index is 12.3. The Morgan fingerprint density at radius 1 is 1.21 bits per heavy atom. The molecule has 6 nitrogen and oxygen atoms in total. The van der Waals surface area contributed by atoms with Crippen molar-refractivity contribution < 1.29 is 9.53 Å². The summed E-state index contributed by atoms with van der Waals surface area (Å²) in [6.07, 6.45) is 0. The second kappa shape index (κ2) is 8.63. The number of fused-ring (bicyclic) bond motifs is 1. The average Bonchev–Trinajstić information content (AvgIpc) is 3.06. The molecule has 0 radical (unpaired) electrons. The largest absolute Gasteiger partial charge is 0.495 e. The van der Waals surface area contributed by atoms with E-state index in [9.17, 15) is 4.79 Å². The Balaban J connectivity index is 1.68. The molecule has 1 unspecified atom stereocenters. The van der Waals surface area contributed by atoms with Crippen molar-refractivity contribution in [3.05, 3.63) is 53.3 Å². The first-order valence-corrected chi connectivity index (χ1v) is 9.62. The lowest BCUT2D eigenvalue weighted by atomic mass is 10.2. The minimum Gasteiger partial charge on any atom is -0.495 e. The Morgan fingerprint density at radius 2 is 1.96 bits per heavy atom. The second-order valence-corrected chi connectivity index (χ2v) is 7.33. The summed E-state index contributed by atoms with van der Waals surface area (Å²) >= 11 is 6.10. The van der Waals surface area contributed by atoms with Crippen LogP contribution in [0.3, 0.4) is 0 Å². The Bertz CT molecular complexity index is 984. The lowest BCUT2D eigenvalue weighted by Gasteiger charge is -2.18. The molecule has 7 heteroatoms. The zero-order valence-corrected chi connectivity index (χ0v) is 17.2. The molecule has 1 amide bonds. The van der Waals surface area contributed by atoms with E-state index in [1.165, 1.54) is 0 Å². The summed E-state index contributed by atoms with van der Waals surface area (Å²) in [5.41, 5.74) is 2.68. The monoisotopic (exact) mass is 400 g/mol. The van der Waals surface area contributed by atoms with Crippen LogP contribution < -0.4 is 15.4 Å². The van der Waals surface area contributed by atoms with Crippen molar-refractivity contribution in [2.24, 2.45) is 0 Å². The van der Waals surface area contributed by atoms with Crippen LogP contribution in [0.15, 0.2) is 42.5 Å². The molecule has 0 saturated heterocycles. The molecule has 2 aromatic carbocycles. The number of benzene rings is 2. The number of anilines is 1. The highest BCUT2D eigenvalue weighted by Crippen LogP contribution is 2.27. The molecule has 0 fully saturated rings. The number of imidazole rings is 1. The predicted octanol–water partition coefficient (Wildman–Crippen LogP) is 4.57. The van der Waals surface area contributed by atoms with Crippen molar-refractivity contribution in [1.29, 1.82) is 0 Å². The van der Waals surface area contributed by atoms with Gasteiger partial charge in [-0.05, 0) is 51.1 Å². The van der Waals surface area contributed by atoms with Crippen LogP contribution in [0.1, 0.15) is 38.7 Å². The number of nitrogens with one attached hydrogen (secondary N) is 2. The first kappa shape index (κ1) is 20.2. The lowest BCUT2D eigenvalue weighted by Crippen LogP contribution is -2.31. The molecule has 28 heavy (non-hydrogen) atoms. The number of halogens is 1. The van der Waals surface area contributed by atoms with Crippen LogP contribution in [0.25, 0.3) is 11.0 Å². The van der Waals surface area contributed by atoms with Crippen LogP contribution >= 0.6 is 11.6 Å². The van der Waals surface area contributed by atoms with Crippen LogP contribution in [0.4, 0.5) is 5.69 Å². The summed E-state index contributed by atoms with van der Waals surface area (Å²) < 4.78 is 7.32. The van der Waals surface area contributed by atoms with Gasteiger partial charge in [-0.25, -0.2) is 4.98 Å². The molecule has 1 heterocycles. The van der Waals surface area contributed by atoms with Crippen LogP contribution in [0.5, 0.6) is 5.75 Å². The third-order valence-corrected chi connectivity index (χ3v) is 4.83. The van der Waals surface area contributed by atoms with Gasteiger partial charge < -0.3 is 14.6 Å². The number of carbonyl (C=O) groups is 1.